The summed E-state index contributed by atoms with van der Waals surface area (Å²) in [5.74, 6) is 4.95. The van der Waals surface area contributed by atoms with Crippen LogP contribution >= 0.6 is 0 Å². The second kappa shape index (κ2) is 3.07. The van der Waals surface area contributed by atoms with Crippen LogP contribution in [0, 0.1) is 0 Å². The molecule has 3 heteroatoms. The summed E-state index contributed by atoms with van der Waals surface area (Å²) in [5, 5.41) is 11.8. The van der Waals surface area contributed by atoms with Gasteiger partial charge in [0.2, 0.25) is 0 Å². The minimum Gasteiger partial charge on any atom is -0.513 e. The number of hydrogen-bond donors (Lipinski definition) is 2. The summed E-state index contributed by atoms with van der Waals surface area (Å²) >= 11 is 0. The van der Waals surface area contributed by atoms with E-state index in [1.54, 1.807) is 6.92 Å². The predicted molar refractivity (Wildman–Crippen MR) is 33.7 cm³/mol. The summed E-state index contributed by atoms with van der Waals surface area (Å²) in [4.78, 5) is 0. The van der Waals surface area contributed by atoms with Crippen molar-refractivity contribution in [2.75, 3.05) is 0 Å². The second-order valence-corrected chi connectivity index (χ2v) is 1.61. The van der Waals surface area contributed by atoms with Crippen molar-refractivity contribution < 1.29 is 5.11 Å². The van der Waals surface area contributed by atoms with Gasteiger partial charge in [0.05, 0.1) is 5.76 Å². The van der Waals surface area contributed by atoms with Gasteiger partial charge in [-0.15, -0.1) is 0 Å². The van der Waals surface area contributed by atoms with Crippen LogP contribution in [0.3, 0.4) is 0 Å². The average molecular weight is 114 g/mol. The molecule has 8 heavy (non-hydrogen) atoms. The van der Waals surface area contributed by atoms with Gasteiger partial charge in [-0.25, -0.2) is 0 Å². The summed E-state index contributed by atoms with van der Waals surface area (Å²) in [7, 11) is 0. The van der Waals surface area contributed by atoms with Gasteiger partial charge in [0.1, 0.15) is 0 Å². The lowest BCUT2D eigenvalue weighted by Crippen LogP contribution is -1.96. The van der Waals surface area contributed by atoms with Crippen LogP contribution in [0.2, 0.25) is 0 Å². The first-order valence-corrected chi connectivity index (χ1v) is 2.27. The maximum absolute atomic E-state index is 8.52. The van der Waals surface area contributed by atoms with Gasteiger partial charge in [-0.1, -0.05) is 6.58 Å². The van der Waals surface area contributed by atoms with E-state index in [1.165, 1.54) is 0 Å². The van der Waals surface area contributed by atoms with E-state index >= 15 is 0 Å². The highest BCUT2D eigenvalue weighted by Gasteiger charge is 1.90. The number of hydrogen-bond acceptors (Lipinski definition) is 3. The maximum Gasteiger partial charge on any atom is 0.0907 e. The zero-order chi connectivity index (χ0) is 6.57. The monoisotopic (exact) mass is 114 g/mol. The Morgan fingerprint density at radius 2 is 2.38 bits per heavy atom. The zero-order valence-corrected chi connectivity index (χ0v) is 4.89. The fraction of sp³-hybridized carbons (Fsp3) is 0.400. The minimum atomic E-state index is 0.0942. The molecule has 0 aliphatic rings. The lowest BCUT2D eigenvalue weighted by Gasteiger charge is -1.92. The maximum atomic E-state index is 8.52. The van der Waals surface area contributed by atoms with Crippen LogP contribution in [0.15, 0.2) is 17.4 Å². The van der Waals surface area contributed by atoms with Crippen LogP contribution < -0.4 is 5.84 Å². The highest BCUT2D eigenvalue weighted by Crippen LogP contribution is 1.92. The molecule has 0 aromatic rings. The molecule has 0 amide bonds. The van der Waals surface area contributed by atoms with Gasteiger partial charge in [-0.3, -0.25) is 0 Å². The van der Waals surface area contributed by atoms with Gasteiger partial charge in [-0.2, -0.15) is 5.10 Å². The number of hydrazone groups is 1. The van der Waals surface area contributed by atoms with E-state index in [0.717, 1.165) is 0 Å². The van der Waals surface area contributed by atoms with Gasteiger partial charge in [0.25, 0.3) is 0 Å². The van der Waals surface area contributed by atoms with Crippen molar-refractivity contribution in [1.29, 1.82) is 0 Å². The Balaban J connectivity index is 3.56. The van der Waals surface area contributed by atoms with Crippen molar-refractivity contribution in [2.45, 2.75) is 13.3 Å². The number of aliphatic hydroxyl groups is 1. The molecule has 0 spiro atoms. The Bertz CT molecular complexity index is 118. The molecule has 0 fully saturated rings. The number of nitrogens with two attached hydrogens (primary N) is 1. The molecule has 0 aromatic heterocycles. The molecule has 0 aliphatic heterocycles. The van der Waals surface area contributed by atoms with Crippen molar-refractivity contribution in [3.05, 3.63) is 12.3 Å². The van der Waals surface area contributed by atoms with E-state index in [4.69, 9.17) is 10.9 Å². The van der Waals surface area contributed by atoms with Crippen LogP contribution in [0.25, 0.3) is 0 Å². The minimum absolute atomic E-state index is 0.0942. The van der Waals surface area contributed by atoms with Gasteiger partial charge in [-0.05, 0) is 6.92 Å². The molecule has 0 bridgehead atoms. The number of aliphatic hydroxyl groups excluding tert-OH is 1. The van der Waals surface area contributed by atoms with Gasteiger partial charge in [0, 0.05) is 12.1 Å². The Kier molecular flexibility index (Phi) is 2.69. The molecule has 0 saturated carbocycles. The fourth-order valence-electron chi connectivity index (χ4n) is 0.341. The predicted octanol–water partition coefficient (Wildman–Crippen LogP) is 0.783. The summed E-state index contributed by atoms with van der Waals surface area (Å²) in [6.45, 7) is 4.99. The standard InChI is InChI=1S/C5H10N2O/c1-4(7-6)3-5(2)8/h8H,2-3,6H2,1H3/b7-4+. The van der Waals surface area contributed by atoms with Crippen LogP contribution in [-0.2, 0) is 0 Å². The third-order valence-electron chi connectivity index (χ3n) is 0.680. The molecule has 0 atom stereocenters. The molecule has 0 unspecified atom stereocenters. The van der Waals surface area contributed by atoms with Crippen LogP contribution in [0.4, 0.5) is 0 Å². The highest BCUT2D eigenvalue weighted by molar-refractivity contribution is 5.83. The SMILES string of the molecule is C=C(O)C/C(C)=N/N. The second-order valence-electron chi connectivity index (χ2n) is 1.61. The Morgan fingerprint density at radius 1 is 1.88 bits per heavy atom. The molecule has 3 N–H and O–H groups in total. The summed E-state index contributed by atoms with van der Waals surface area (Å²) in [6.07, 6.45) is 0.372. The van der Waals surface area contributed by atoms with Gasteiger partial charge in [0.15, 0.2) is 0 Å². The first-order valence-electron chi connectivity index (χ1n) is 2.27. The average Bonchev–Trinajstić information content (AvgIpc) is 1.65. The Morgan fingerprint density at radius 3 is 2.50 bits per heavy atom. The lowest BCUT2D eigenvalue weighted by atomic mass is 10.3. The molecular formula is C5H10N2O. The Labute approximate surface area is 48.5 Å². The molecule has 0 aliphatic carbocycles. The largest absolute Gasteiger partial charge is 0.513 e. The van der Waals surface area contributed by atoms with Crippen molar-refractivity contribution in [2.24, 2.45) is 10.9 Å². The van der Waals surface area contributed by atoms with Crippen molar-refractivity contribution in [3.8, 4) is 0 Å². The molecule has 0 saturated heterocycles. The lowest BCUT2D eigenvalue weighted by molar-refractivity contribution is 0.408. The van der Waals surface area contributed by atoms with E-state index in [0.29, 0.717) is 12.1 Å². The zero-order valence-electron chi connectivity index (χ0n) is 4.89. The van der Waals surface area contributed by atoms with E-state index in [1.807, 2.05) is 0 Å². The summed E-state index contributed by atoms with van der Waals surface area (Å²) in [5.41, 5.74) is 0.678. The molecule has 3 nitrogen and oxygen atoms in total. The number of rotatable bonds is 2. The van der Waals surface area contributed by atoms with Gasteiger partial charge < -0.3 is 10.9 Å². The van der Waals surface area contributed by atoms with Crippen LogP contribution in [0.5, 0.6) is 0 Å². The summed E-state index contributed by atoms with van der Waals surface area (Å²) < 4.78 is 0. The molecule has 46 valence electrons. The third-order valence-corrected chi connectivity index (χ3v) is 0.680. The molecule has 0 rings (SSSR count). The van der Waals surface area contributed by atoms with Crippen molar-refractivity contribution in [3.63, 3.8) is 0 Å². The number of nitrogens with zero attached hydrogens (tertiary/aromatic N) is 1. The van der Waals surface area contributed by atoms with Gasteiger partial charge >= 0.3 is 0 Å². The summed E-state index contributed by atoms with van der Waals surface area (Å²) in [6, 6.07) is 0. The normalized spacial score (nSPS) is 11.4. The third kappa shape index (κ3) is 3.21. The van der Waals surface area contributed by atoms with E-state index in [-0.39, 0.29) is 5.76 Å². The molecule has 0 radical (unpaired) electrons. The first-order chi connectivity index (χ1) is 3.66. The van der Waals surface area contributed by atoms with E-state index in [9.17, 15) is 0 Å². The Hall–Kier alpha value is -0.990. The number of allylic oxidation sites excluding steroid dienone is 1. The van der Waals surface area contributed by atoms with Crippen molar-refractivity contribution in [1.82, 2.24) is 0 Å². The fourth-order valence-corrected chi connectivity index (χ4v) is 0.341. The smallest absolute Gasteiger partial charge is 0.0907 e. The van der Waals surface area contributed by atoms with E-state index < -0.39 is 0 Å². The van der Waals surface area contributed by atoms with Crippen LogP contribution in [0.1, 0.15) is 13.3 Å². The topological polar surface area (TPSA) is 58.6 Å². The van der Waals surface area contributed by atoms with E-state index in [2.05, 4.69) is 11.7 Å². The first kappa shape index (κ1) is 7.01. The quantitative estimate of drug-likeness (QED) is 0.241. The van der Waals surface area contributed by atoms with Crippen LogP contribution in [-0.4, -0.2) is 10.8 Å². The molecule has 0 heterocycles. The van der Waals surface area contributed by atoms with Crippen molar-refractivity contribution >= 4 is 5.71 Å². The highest BCUT2D eigenvalue weighted by atomic mass is 16.3. The molecular weight excluding hydrogens is 104 g/mol. The molecule has 0 aromatic carbocycles.